The van der Waals surface area contributed by atoms with E-state index in [0.29, 0.717) is 11.1 Å². The highest BCUT2D eigenvalue weighted by Gasteiger charge is 2.36. The van der Waals surface area contributed by atoms with Crippen molar-refractivity contribution >= 4 is 65.4 Å². The third-order valence-electron chi connectivity index (χ3n) is 28.2. The molecule has 0 fully saturated rings. The Bertz CT molecular complexity index is 7720. The van der Waals surface area contributed by atoms with Gasteiger partial charge >= 0.3 is 0 Å². The number of aromatic nitrogens is 3. The molecule has 18 rings (SSSR count). The van der Waals surface area contributed by atoms with E-state index in [1.54, 1.807) is 6.92 Å². The monoisotopic (exact) mass is 1850 g/mol. The fourth-order valence-corrected chi connectivity index (χ4v) is 20.6. The molecule has 0 aliphatic heterocycles. The molecule has 0 unspecified atom stereocenters. The van der Waals surface area contributed by atoms with Gasteiger partial charge in [0.1, 0.15) is 0 Å². The molecule has 0 N–H and O–H groups in total. The van der Waals surface area contributed by atoms with Crippen molar-refractivity contribution in [3.63, 3.8) is 0 Å². The van der Waals surface area contributed by atoms with Gasteiger partial charge in [-0.3, -0.25) is 0 Å². The molecule has 0 aliphatic rings. The SMILES string of the molecule is C.C.CC(C)(C)c1cc(-c2ccc3c(c2C(C)(C)C)c2c(-c4cc(C(C)(C)C)cc(C(C)(C)C)c4)cccc2n3-c2ccccc2)cc(C(C)(C)C)c1.CC(C)(C)c1cc(-c2cccc3c2c2c(C(C)(C)C)c(-c4ccccc4)ccc2n3-c2ccccc2)cc(C(C)(C)C)c1.[2H]c1c([2H])c(C)c([2H])c(-c2ccc3c(c2C(C)(C)C)c2c(-c4cc(C(C)(C)C)cc(C(C)(C)C)c4)cccc2n3-c2ccccc2)c1[2H]. The molecule has 0 amide bonds. The molecule has 15 aromatic carbocycles. The Morgan fingerprint density at radius 2 is 0.400 bits per heavy atom. The molecular weight excluding hydrogens is 1690 g/mol. The van der Waals surface area contributed by atoms with Crippen LogP contribution in [-0.4, -0.2) is 13.7 Å². The first kappa shape index (κ1) is 97.9. The quantitative estimate of drug-likeness (QED) is 0.137. The minimum atomic E-state index is -0.393. The molecule has 0 atom stereocenters. The zero-order chi connectivity index (χ0) is 103. The first-order chi connectivity index (χ1) is 66.0. The molecule has 724 valence electrons. The molecule has 0 saturated carbocycles. The Balaban J connectivity index is 0.000000171. The summed E-state index contributed by atoms with van der Waals surface area (Å²) in [6, 6.07) is 106. The van der Waals surface area contributed by atoms with Gasteiger partial charge in [0.15, 0.2) is 0 Å². The first-order valence-electron chi connectivity index (χ1n) is 52.3. The van der Waals surface area contributed by atoms with Gasteiger partial charge in [-0.25, -0.2) is 0 Å². The van der Waals surface area contributed by atoms with Crippen LogP contribution in [0.4, 0.5) is 0 Å². The highest BCUT2D eigenvalue weighted by atomic mass is 15.0. The number of rotatable bonds is 9. The van der Waals surface area contributed by atoms with Crippen LogP contribution >= 0.6 is 0 Å². The van der Waals surface area contributed by atoms with Crippen LogP contribution in [0.25, 0.3) is 149 Å². The van der Waals surface area contributed by atoms with Gasteiger partial charge in [-0.2, -0.15) is 0 Å². The standard InChI is InChI=1S/C50H61N.C43H47N.C42H45N.2CH4/c1-46(2,3)34-26-32(27-35(30-34)47(4,5)6)39-22-19-23-41-43(39)44-42(51(41)38-20-17-16-18-21-38)25-24-40(45(44)50(13,14)15)33-28-36(48(7,8)9)31-37(29-33)49(10,11)12;1-28-16-14-17-29(24-28)35-22-23-37-39(40(35)43(8,9)10)38-34(20-15-21-36(38)44(37)33-18-12-11-13-19-33)30-25-31(41(2,3)4)27-32(26-30)42(5,6)7;1-40(2,3)30-25-29(26-31(27-30)41(4,5)6)33-21-16-22-35-37(33)38-36(43(35)32-19-14-11-15-20-32)24-23-34(39(38)42(7,8)9)28-17-12-10-13-18-28;;/h16-31H,1-15H3;11-27H,1-10H3;10-27H,1-9H3;2*1H4/i;14D,16D,17D,24D;;;. The molecule has 0 aliphatic carbocycles. The summed E-state index contributed by atoms with van der Waals surface area (Å²) < 4.78 is 42.5. The van der Waals surface area contributed by atoms with Gasteiger partial charge in [-0.1, -0.05) is 485 Å². The van der Waals surface area contributed by atoms with E-state index < -0.39 is 5.41 Å². The topological polar surface area (TPSA) is 14.8 Å². The molecule has 3 aromatic heterocycles. The number of benzene rings is 15. The van der Waals surface area contributed by atoms with Gasteiger partial charge in [0.05, 0.1) is 38.6 Å². The van der Waals surface area contributed by atoms with Crippen molar-refractivity contribution in [3.8, 4) is 83.8 Å². The second-order valence-electron chi connectivity index (χ2n) is 50.6. The molecule has 140 heavy (non-hydrogen) atoms. The van der Waals surface area contributed by atoms with Crippen LogP contribution in [0.1, 0.15) is 316 Å². The van der Waals surface area contributed by atoms with Crippen molar-refractivity contribution < 1.29 is 5.48 Å². The second-order valence-corrected chi connectivity index (χ2v) is 50.6. The summed E-state index contributed by atoms with van der Waals surface area (Å²) in [4.78, 5) is 0. The maximum absolute atomic E-state index is 9.14. The Labute approximate surface area is 848 Å². The summed E-state index contributed by atoms with van der Waals surface area (Å²) in [5.74, 6) is 0. The maximum atomic E-state index is 9.14. The Morgan fingerprint density at radius 1 is 0.186 bits per heavy atom. The summed E-state index contributed by atoms with van der Waals surface area (Å²) in [5, 5.41) is 7.58. The van der Waals surface area contributed by atoms with E-state index in [1.165, 1.54) is 161 Å². The minimum Gasteiger partial charge on any atom is -0.309 e. The second kappa shape index (κ2) is 37.6. The van der Waals surface area contributed by atoms with Crippen molar-refractivity contribution in [2.45, 2.75) is 310 Å². The fraction of sp³-hybridized carbons (Fsp3) is 0.343. The molecule has 0 bridgehead atoms. The normalized spacial score (nSPS) is 13.2. The largest absolute Gasteiger partial charge is 0.309 e. The molecule has 3 heteroatoms. The molecule has 3 nitrogen and oxygen atoms in total. The highest BCUT2D eigenvalue weighted by molar-refractivity contribution is 6.22. The van der Waals surface area contributed by atoms with Crippen LogP contribution in [0.3, 0.4) is 0 Å². The molecule has 18 aromatic rings. The van der Waals surface area contributed by atoms with E-state index >= 15 is 0 Å². The van der Waals surface area contributed by atoms with Crippen LogP contribution in [0.5, 0.6) is 0 Å². The van der Waals surface area contributed by atoms with Crippen molar-refractivity contribution in [3.05, 3.63) is 376 Å². The summed E-state index contributed by atoms with van der Waals surface area (Å²) >= 11 is 0. The smallest absolute Gasteiger partial charge is 0.0632 e. The minimum absolute atomic E-state index is 0. The number of hydrogen-bond acceptors (Lipinski definition) is 0. The van der Waals surface area contributed by atoms with Crippen molar-refractivity contribution in [1.82, 2.24) is 13.7 Å². The lowest BCUT2D eigenvalue weighted by Gasteiger charge is -2.29. The van der Waals surface area contributed by atoms with Crippen molar-refractivity contribution in [1.29, 1.82) is 0 Å². The average molecular weight is 1850 g/mol. The average Bonchev–Trinajstić information content (AvgIpc) is 1.55. The molecule has 0 radical (unpaired) electrons. The number of para-hydroxylation sites is 3. The number of fused-ring (bicyclic) bond motifs is 9. The van der Waals surface area contributed by atoms with Crippen LogP contribution in [0.2, 0.25) is 0 Å². The summed E-state index contributed by atoms with van der Waals surface area (Å²) in [5.41, 5.74) is 39.0. The van der Waals surface area contributed by atoms with Crippen LogP contribution in [-0.2, 0) is 59.6 Å². The van der Waals surface area contributed by atoms with Crippen LogP contribution in [0, 0.1) is 6.92 Å². The highest BCUT2D eigenvalue weighted by Crippen LogP contribution is 2.54. The molecule has 0 spiro atoms. The van der Waals surface area contributed by atoms with E-state index in [9.17, 15) is 0 Å². The molecule has 0 saturated heterocycles. The predicted octanol–water partition coefficient (Wildman–Crippen LogP) is 40.2. The van der Waals surface area contributed by atoms with Gasteiger partial charge in [-0.05, 0) is 267 Å². The van der Waals surface area contributed by atoms with Gasteiger partial charge in [-0.15, -0.1) is 0 Å². The van der Waals surface area contributed by atoms with Gasteiger partial charge in [0, 0.05) is 49.4 Å². The van der Waals surface area contributed by atoms with Gasteiger partial charge < -0.3 is 13.7 Å². The van der Waals surface area contributed by atoms with Gasteiger partial charge in [0.2, 0.25) is 0 Å². The Morgan fingerprint density at radius 3 is 0.636 bits per heavy atom. The summed E-state index contributed by atoms with van der Waals surface area (Å²) in [7, 11) is 0. The molecule has 3 heterocycles. The van der Waals surface area contributed by atoms with Crippen molar-refractivity contribution in [2.75, 3.05) is 0 Å². The van der Waals surface area contributed by atoms with E-state index in [1.807, 2.05) is 12.1 Å². The van der Waals surface area contributed by atoms with E-state index in [0.717, 1.165) is 44.2 Å². The number of hydrogen-bond donors (Lipinski definition) is 0. The number of nitrogens with zero attached hydrogens (tertiary/aromatic N) is 3. The maximum Gasteiger partial charge on any atom is 0.0632 e. The van der Waals surface area contributed by atoms with E-state index in [2.05, 4.69) is 515 Å². The van der Waals surface area contributed by atoms with Crippen LogP contribution in [0.15, 0.2) is 309 Å². The van der Waals surface area contributed by atoms with Gasteiger partial charge in [0.25, 0.3) is 0 Å². The summed E-state index contributed by atoms with van der Waals surface area (Å²) in [6.45, 7) is 78.2. The lowest BCUT2D eigenvalue weighted by Crippen LogP contribution is -2.17. The zero-order valence-corrected chi connectivity index (χ0v) is 89.5. The van der Waals surface area contributed by atoms with Crippen LogP contribution < -0.4 is 0 Å². The van der Waals surface area contributed by atoms with Crippen molar-refractivity contribution in [2.24, 2.45) is 0 Å². The lowest BCUT2D eigenvalue weighted by molar-refractivity contribution is 0.568. The van der Waals surface area contributed by atoms with E-state index in [4.69, 9.17) is 5.48 Å². The zero-order valence-electron chi connectivity index (χ0n) is 93.5. The summed E-state index contributed by atoms with van der Waals surface area (Å²) in [6.07, 6.45) is 0. The third-order valence-corrected chi connectivity index (χ3v) is 28.2. The van der Waals surface area contributed by atoms with E-state index in [-0.39, 0.29) is 93.2 Å². The predicted molar refractivity (Wildman–Crippen MR) is 619 cm³/mol. The molecular formula is C137H161N3. The Hall–Kier alpha value is -12.3. The Kier molecular flexibility index (Phi) is 26.3. The third kappa shape index (κ3) is 20.5. The fourth-order valence-electron chi connectivity index (χ4n) is 20.6. The first-order valence-corrected chi connectivity index (χ1v) is 50.3. The lowest BCUT2D eigenvalue weighted by atomic mass is 9.75.